The minimum Gasteiger partial charge on any atom is -0.497 e. The Morgan fingerprint density at radius 1 is 1.27 bits per heavy atom. The molecule has 1 aromatic rings. The van der Waals surface area contributed by atoms with E-state index in [9.17, 15) is 0 Å². The molecular weight excluding hydrogens is 188 g/mol. The van der Waals surface area contributed by atoms with Crippen molar-refractivity contribution in [3.05, 3.63) is 29.8 Å². The lowest BCUT2D eigenvalue weighted by atomic mass is 9.89. The van der Waals surface area contributed by atoms with Crippen LogP contribution >= 0.6 is 0 Å². The van der Waals surface area contributed by atoms with E-state index in [-0.39, 0.29) is 6.10 Å². The molecule has 0 radical (unpaired) electrons. The van der Waals surface area contributed by atoms with Gasteiger partial charge in [0, 0.05) is 0 Å². The van der Waals surface area contributed by atoms with E-state index in [0.29, 0.717) is 5.41 Å². The fourth-order valence-corrected chi connectivity index (χ4v) is 1.98. The second kappa shape index (κ2) is 3.86. The van der Waals surface area contributed by atoms with Crippen LogP contribution in [0.3, 0.4) is 0 Å². The zero-order valence-electron chi connectivity index (χ0n) is 9.62. The molecule has 0 aromatic heterocycles. The van der Waals surface area contributed by atoms with Crippen LogP contribution in [-0.4, -0.2) is 13.7 Å². The van der Waals surface area contributed by atoms with Crippen molar-refractivity contribution < 1.29 is 9.47 Å². The van der Waals surface area contributed by atoms with E-state index in [2.05, 4.69) is 26.0 Å². The lowest BCUT2D eigenvalue weighted by Crippen LogP contribution is -2.08. The van der Waals surface area contributed by atoms with E-state index in [1.807, 2.05) is 12.1 Å². The highest BCUT2D eigenvalue weighted by Gasteiger charge is 2.32. The molecule has 1 fully saturated rings. The first-order valence-electron chi connectivity index (χ1n) is 5.36. The van der Waals surface area contributed by atoms with Crippen LogP contribution in [0, 0.1) is 5.41 Å². The maximum Gasteiger partial charge on any atom is 0.118 e. The fraction of sp³-hybridized carbons (Fsp3) is 0.538. The first kappa shape index (κ1) is 10.5. The number of rotatable bonds is 2. The predicted molar refractivity (Wildman–Crippen MR) is 60.1 cm³/mol. The summed E-state index contributed by atoms with van der Waals surface area (Å²) < 4.78 is 10.9. The highest BCUT2D eigenvalue weighted by molar-refractivity contribution is 5.29. The van der Waals surface area contributed by atoms with Gasteiger partial charge in [0.2, 0.25) is 0 Å². The molecule has 0 saturated carbocycles. The Kier molecular flexibility index (Phi) is 2.70. The molecule has 0 unspecified atom stereocenters. The first-order valence-corrected chi connectivity index (χ1v) is 5.36. The number of hydrogen-bond donors (Lipinski definition) is 0. The van der Waals surface area contributed by atoms with Gasteiger partial charge in [0.25, 0.3) is 0 Å². The Balaban J connectivity index is 2.11. The molecule has 0 bridgehead atoms. The van der Waals surface area contributed by atoms with Crippen LogP contribution in [0.25, 0.3) is 0 Å². The van der Waals surface area contributed by atoms with E-state index in [1.165, 1.54) is 5.56 Å². The molecule has 82 valence electrons. The normalized spacial score (nSPS) is 24.1. The Morgan fingerprint density at radius 2 is 1.93 bits per heavy atom. The van der Waals surface area contributed by atoms with Gasteiger partial charge in [-0.1, -0.05) is 26.0 Å². The van der Waals surface area contributed by atoms with Gasteiger partial charge < -0.3 is 9.47 Å². The molecular formula is C13H18O2. The molecule has 1 saturated heterocycles. The Labute approximate surface area is 91.2 Å². The second-order valence-corrected chi connectivity index (χ2v) is 4.94. The molecule has 0 aliphatic carbocycles. The average Bonchev–Trinajstić information content (AvgIpc) is 2.59. The van der Waals surface area contributed by atoms with Gasteiger partial charge in [0.15, 0.2) is 0 Å². The van der Waals surface area contributed by atoms with Gasteiger partial charge in [-0.2, -0.15) is 0 Å². The van der Waals surface area contributed by atoms with Crippen molar-refractivity contribution in [1.82, 2.24) is 0 Å². The Bertz CT molecular complexity index is 327. The summed E-state index contributed by atoms with van der Waals surface area (Å²) in [5, 5.41) is 0. The van der Waals surface area contributed by atoms with E-state index in [0.717, 1.165) is 18.8 Å². The molecule has 2 nitrogen and oxygen atoms in total. The molecule has 2 heteroatoms. The van der Waals surface area contributed by atoms with Gasteiger partial charge in [-0.15, -0.1) is 0 Å². The predicted octanol–water partition coefficient (Wildman–Crippen LogP) is 3.18. The summed E-state index contributed by atoms with van der Waals surface area (Å²) in [4.78, 5) is 0. The van der Waals surface area contributed by atoms with Gasteiger partial charge in [-0.05, 0) is 29.5 Å². The molecule has 0 amide bonds. The Morgan fingerprint density at radius 3 is 2.40 bits per heavy atom. The van der Waals surface area contributed by atoms with Crippen molar-refractivity contribution >= 4 is 0 Å². The van der Waals surface area contributed by atoms with Gasteiger partial charge >= 0.3 is 0 Å². The highest BCUT2D eigenvalue weighted by Crippen LogP contribution is 2.40. The molecule has 2 rings (SSSR count). The topological polar surface area (TPSA) is 18.5 Å². The van der Waals surface area contributed by atoms with Crippen molar-refractivity contribution in [2.75, 3.05) is 13.7 Å². The third-order valence-electron chi connectivity index (χ3n) is 2.90. The van der Waals surface area contributed by atoms with Gasteiger partial charge in [0.1, 0.15) is 5.75 Å². The summed E-state index contributed by atoms with van der Waals surface area (Å²) in [6.45, 7) is 5.34. The van der Waals surface area contributed by atoms with Crippen LogP contribution in [0.4, 0.5) is 0 Å². The molecule has 15 heavy (non-hydrogen) atoms. The van der Waals surface area contributed by atoms with Crippen molar-refractivity contribution in [1.29, 1.82) is 0 Å². The second-order valence-electron chi connectivity index (χ2n) is 4.94. The standard InChI is InChI=1S/C13H18O2/c1-13(2)8-12(15-9-13)10-4-6-11(14-3)7-5-10/h4-7,12H,8-9H2,1-3H3/t12-/m1/s1. The fourth-order valence-electron chi connectivity index (χ4n) is 1.98. The third-order valence-corrected chi connectivity index (χ3v) is 2.90. The van der Waals surface area contributed by atoms with Crippen LogP contribution in [0.5, 0.6) is 5.75 Å². The van der Waals surface area contributed by atoms with E-state index >= 15 is 0 Å². The summed E-state index contributed by atoms with van der Waals surface area (Å²) in [5.41, 5.74) is 1.56. The molecule has 1 aliphatic heterocycles. The van der Waals surface area contributed by atoms with Crippen LogP contribution in [0.1, 0.15) is 31.9 Å². The van der Waals surface area contributed by atoms with Crippen molar-refractivity contribution in [2.45, 2.75) is 26.4 Å². The molecule has 1 heterocycles. The lowest BCUT2D eigenvalue weighted by Gasteiger charge is -2.14. The van der Waals surface area contributed by atoms with E-state index < -0.39 is 0 Å². The number of ether oxygens (including phenoxy) is 2. The van der Waals surface area contributed by atoms with Crippen LogP contribution in [0.2, 0.25) is 0 Å². The maximum atomic E-state index is 5.79. The van der Waals surface area contributed by atoms with E-state index in [1.54, 1.807) is 7.11 Å². The smallest absolute Gasteiger partial charge is 0.118 e. The minimum atomic E-state index is 0.255. The highest BCUT2D eigenvalue weighted by atomic mass is 16.5. The van der Waals surface area contributed by atoms with Crippen LogP contribution in [-0.2, 0) is 4.74 Å². The maximum absolute atomic E-state index is 5.79. The molecule has 1 atom stereocenters. The summed E-state index contributed by atoms with van der Waals surface area (Å²) in [6.07, 6.45) is 1.35. The molecule has 0 N–H and O–H groups in total. The number of hydrogen-bond acceptors (Lipinski definition) is 2. The zero-order valence-corrected chi connectivity index (χ0v) is 9.62. The largest absolute Gasteiger partial charge is 0.497 e. The first-order chi connectivity index (χ1) is 7.11. The third kappa shape index (κ3) is 2.32. The molecule has 0 spiro atoms. The quantitative estimate of drug-likeness (QED) is 0.740. The minimum absolute atomic E-state index is 0.255. The summed E-state index contributed by atoms with van der Waals surface area (Å²) in [6, 6.07) is 8.16. The van der Waals surface area contributed by atoms with Crippen LogP contribution in [0.15, 0.2) is 24.3 Å². The van der Waals surface area contributed by atoms with Gasteiger partial charge in [0.05, 0.1) is 19.8 Å². The van der Waals surface area contributed by atoms with Gasteiger partial charge in [-0.3, -0.25) is 0 Å². The SMILES string of the molecule is COc1ccc([C@H]2CC(C)(C)CO2)cc1. The molecule has 1 aliphatic rings. The summed E-state index contributed by atoms with van der Waals surface area (Å²) in [5.74, 6) is 0.899. The van der Waals surface area contributed by atoms with Crippen molar-refractivity contribution in [3.63, 3.8) is 0 Å². The van der Waals surface area contributed by atoms with E-state index in [4.69, 9.17) is 9.47 Å². The zero-order chi connectivity index (χ0) is 10.9. The Hall–Kier alpha value is -1.02. The molecule has 1 aromatic carbocycles. The number of benzene rings is 1. The lowest BCUT2D eigenvalue weighted by molar-refractivity contribution is 0.100. The van der Waals surface area contributed by atoms with Crippen LogP contribution < -0.4 is 4.74 Å². The van der Waals surface area contributed by atoms with Gasteiger partial charge in [-0.25, -0.2) is 0 Å². The van der Waals surface area contributed by atoms with Crippen molar-refractivity contribution in [3.8, 4) is 5.75 Å². The van der Waals surface area contributed by atoms with Crippen molar-refractivity contribution in [2.24, 2.45) is 5.41 Å². The summed E-state index contributed by atoms with van der Waals surface area (Å²) >= 11 is 0. The number of methoxy groups -OCH3 is 1. The summed E-state index contributed by atoms with van der Waals surface area (Å²) in [7, 11) is 1.68. The average molecular weight is 206 g/mol. The monoisotopic (exact) mass is 206 g/mol.